The molecule has 1 fully saturated rings. The maximum absolute atomic E-state index is 11.8. The lowest BCUT2D eigenvalue weighted by Gasteiger charge is -2.26. The summed E-state index contributed by atoms with van der Waals surface area (Å²) in [5.41, 5.74) is 0.571. The third kappa shape index (κ3) is 3.89. The van der Waals surface area contributed by atoms with Gasteiger partial charge in [0, 0.05) is 6.07 Å². The molecule has 4 nitrogen and oxygen atoms in total. The Hall–Kier alpha value is -1.81. The molecule has 0 bridgehead atoms. The Bertz CT molecular complexity index is 659. The second-order valence-electron chi connectivity index (χ2n) is 5.90. The van der Waals surface area contributed by atoms with Gasteiger partial charge in [0.05, 0.1) is 18.3 Å². The van der Waals surface area contributed by atoms with Gasteiger partial charge in [-0.2, -0.15) is 0 Å². The summed E-state index contributed by atoms with van der Waals surface area (Å²) in [6.07, 6.45) is 7.70. The summed E-state index contributed by atoms with van der Waals surface area (Å²) >= 11 is 0. The van der Waals surface area contributed by atoms with Crippen LogP contribution in [0.1, 0.15) is 32.1 Å². The van der Waals surface area contributed by atoms with Crippen molar-refractivity contribution in [3.8, 4) is 5.75 Å². The fourth-order valence-corrected chi connectivity index (χ4v) is 2.96. The van der Waals surface area contributed by atoms with E-state index in [1.807, 2.05) is 6.07 Å². The molecule has 0 saturated carbocycles. The van der Waals surface area contributed by atoms with E-state index in [0.29, 0.717) is 17.6 Å². The van der Waals surface area contributed by atoms with Gasteiger partial charge in [-0.1, -0.05) is 6.42 Å². The number of piperidine rings is 1. The highest BCUT2D eigenvalue weighted by Crippen LogP contribution is 2.18. The lowest BCUT2D eigenvalue weighted by Crippen LogP contribution is -2.30. The predicted octanol–water partition coefficient (Wildman–Crippen LogP) is 3.44. The van der Waals surface area contributed by atoms with Gasteiger partial charge in [-0.15, -0.1) is 0 Å². The van der Waals surface area contributed by atoms with Gasteiger partial charge in [0.25, 0.3) is 0 Å². The predicted molar refractivity (Wildman–Crippen MR) is 87.5 cm³/mol. The van der Waals surface area contributed by atoms with Crippen LogP contribution in [0.3, 0.4) is 0 Å². The van der Waals surface area contributed by atoms with Crippen molar-refractivity contribution in [1.82, 2.24) is 4.90 Å². The van der Waals surface area contributed by atoms with Crippen LogP contribution >= 0.6 is 0 Å². The zero-order chi connectivity index (χ0) is 15.2. The third-order valence-corrected chi connectivity index (χ3v) is 4.22. The summed E-state index contributed by atoms with van der Waals surface area (Å²) in [5.74, 6) is 0.740. The molecule has 22 heavy (non-hydrogen) atoms. The van der Waals surface area contributed by atoms with Gasteiger partial charge in [-0.3, -0.25) is 4.79 Å². The summed E-state index contributed by atoms with van der Waals surface area (Å²) in [7, 11) is 0. The molecule has 2 aromatic rings. The number of ether oxygens (including phenoxy) is 1. The molecule has 1 aliphatic rings. The number of nitrogens with zero attached hydrogens (tertiary/aromatic N) is 1. The van der Waals surface area contributed by atoms with Gasteiger partial charge >= 0.3 is 0 Å². The summed E-state index contributed by atoms with van der Waals surface area (Å²) in [4.78, 5) is 14.3. The highest BCUT2D eigenvalue weighted by Gasteiger charge is 2.09. The fraction of sp³-hybridized carbons (Fsp3) is 0.500. The van der Waals surface area contributed by atoms with E-state index in [1.54, 1.807) is 12.1 Å². The van der Waals surface area contributed by atoms with Gasteiger partial charge in [0.1, 0.15) is 11.3 Å². The Morgan fingerprint density at radius 2 is 1.95 bits per heavy atom. The summed E-state index contributed by atoms with van der Waals surface area (Å²) in [6.45, 7) is 4.37. The van der Waals surface area contributed by atoms with Crippen molar-refractivity contribution >= 4 is 11.0 Å². The molecule has 1 saturated heterocycles. The standard InChI is InChI=1S/C18H23NO3/c20-17-8-13-22-18-7-6-15(14-16(17)18)21-12-5-4-11-19-9-2-1-3-10-19/h6-8,13-14H,1-5,9-12H2. The Kier molecular flexibility index (Phi) is 5.11. The zero-order valence-electron chi connectivity index (χ0n) is 12.9. The lowest BCUT2D eigenvalue weighted by molar-refractivity contribution is 0.216. The van der Waals surface area contributed by atoms with Crippen LogP contribution in [0.2, 0.25) is 0 Å². The Balaban J connectivity index is 1.45. The molecule has 0 radical (unpaired) electrons. The molecular weight excluding hydrogens is 278 g/mol. The van der Waals surface area contributed by atoms with Crippen LogP contribution in [-0.2, 0) is 0 Å². The summed E-state index contributed by atoms with van der Waals surface area (Å²) in [6, 6.07) is 6.85. The zero-order valence-corrected chi connectivity index (χ0v) is 12.9. The van der Waals surface area contributed by atoms with Crippen molar-refractivity contribution in [2.75, 3.05) is 26.2 Å². The Morgan fingerprint density at radius 3 is 2.82 bits per heavy atom. The monoisotopic (exact) mass is 301 g/mol. The van der Waals surface area contributed by atoms with Gasteiger partial charge < -0.3 is 14.1 Å². The molecule has 0 unspecified atom stereocenters. The maximum Gasteiger partial charge on any atom is 0.192 e. The van der Waals surface area contributed by atoms with Gasteiger partial charge in [-0.25, -0.2) is 0 Å². The molecule has 4 heteroatoms. The highest BCUT2D eigenvalue weighted by atomic mass is 16.5. The number of benzene rings is 1. The van der Waals surface area contributed by atoms with Crippen molar-refractivity contribution in [2.24, 2.45) is 0 Å². The van der Waals surface area contributed by atoms with E-state index in [-0.39, 0.29) is 5.43 Å². The smallest absolute Gasteiger partial charge is 0.192 e. The molecule has 0 N–H and O–H groups in total. The van der Waals surface area contributed by atoms with E-state index in [0.717, 1.165) is 18.6 Å². The number of fused-ring (bicyclic) bond motifs is 1. The second-order valence-corrected chi connectivity index (χ2v) is 5.90. The van der Waals surface area contributed by atoms with E-state index in [2.05, 4.69) is 4.90 Å². The number of hydrogen-bond donors (Lipinski definition) is 0. The average molecular weight is 301 g/mol. The van der Waals surface area contributed by atoms with Crippen LogP contribution in [0.4, 0.5) is 0 Å². The van der Waals surface area contributed by atoms with Crippen molar-refractivity contribution in [2.45, 2.75) is 32.1 Å². The van der Waals surface area contributed by atoms with E-state index in [4.69, 9.17) is 9.15 Å². The molecule has 1 aromatic carbocycles. The minimum absolute atomic E-state index is 0.0307. The normalized spacial score (nSPS) is 16.0. The Morgan fingerprint density at radius 1 is 1.09 bits per heavy atom. The summed E-state index contributed by atoms with van der Waals surface area (Å²) in [5, 5.41) is 0.577. The Labute approximate surface area is 130 Å². The van der Waals surface area contributed by atoms with Gasteiger partial charge in [-0.05, 0) is 63.5 Å². The lowest BCUT2D eigenvalue weighted by atomic mass is 10.1. The van der Waals surface area contributed by atoms with Crippen LogP contribution in [0.5, 0.6) is 5.75 Å². The van der Waals surface area contributed by atoms with Crippen LogP contribution in [0.15, 0.2) is 39.7 Å². The number of likely N-dealkylation sites (tertiary alicyclic amines) is 1. The molecule has 0 atom stereocenters. The molecule has 2 heterocycles. The quantitative estimate of drug-likeness (QED) is 0.767. The van der Waals surface area contributed by atoms with E-state index < -0.39 is 0 Å². The largest absolute Gasteiger partial charge is 0.494 e. The SMILES string of the molecule is O=c1ccoc2ccc(OCCCCN3CCCCC3)cc12. The van der Waals surface area contributed by atoms with Crippen molar-refractivity contribution in [3.63, 3.8) is 0 Å². The second kappa shape index (κ2) is 7.45. The van der Waals surface area contributed by atoms with Crippen LogP contribution in [0.25, 0.3) is 11.0 Å². The molecule has 0 amide bonds. The molecule has 3 rings (SSSR count). The van der Waals surface area contributed by atoms with E-state index in [9.17, 15) is 4.79 Å². The topological polar surface area (TPSA) is 42.7 Å². The van der Waals surface area contributed by atoms with Crippen LogP contribution in [-0.4, -0.2) is 31.1 Å². The summed E-state index contributed by atoms with van der Waals surface area (Å²) < 4.78 is 11.1. The highest BCUT2D eigenvalue weighted by molar-refractivity contribution is 5.77. The van der Waals surface area contributed by atoms with E-state index >= 15 is 0 Å². The molecular formula is C18H23NO3. The first-order chi connectivity index (χ1) is 10.8. The molecule has 0 spiro atoms. The van der Waals surface area contributed by atoms with Crippen LogP contribution in [0, 0.1) is 0 Å². The first kappa shape index (κ1) is 15.1. The van der Waals surface area contributed by atoms with Crippen LogP contribution < -0.4 is 10.2 Å². The van der Waals surface area contributed by atoms with Gasteiger partial charge in [0.15, 0.2) is 5.43 Å². The third-order valence-electron chi connectivity index (χ3n) is 4.22. The minimum Gasteiger partial charge on any atom is -0.494 e. The minimum atomic E-state index is -0.0307. The first-order valence-electron chi connectivity index (χ1n) is 8.20. The van der Waals surface area contributed by atoms with Crippen molar-refractivity contribution in [3.05, 3.63) is 40.8 Å². The molecule has 0 aliphatic carbocycles. The van der Waals surface area contributed by atoms with E-state index in [1.165, 1.54) is 51.2 Å². The maximum atomic E-state index is 11.8. The molecule has 1 aliphatic heterocycles. The number of unbranched alkanes of at least 4 members (excludes halogenated alkanes) is 1. The van der Waals surface area contributed by atoms with Crippen molar-refractivity contribution < 1.29 is 9.15 Å². The van der Waals surface area contributed by atoms with Gasteiger partial charge in [0.2, 0.25) is 0 Å². The first-order valence-corrected chi connectivity index (χ1v) is 8.20. The number of rotatable bonds is 6. The molecule has 1 aromatic heterocycles. The number of hydrogen-bond acceptors (Lipinski definition) is 4. The van der Waals surface area contributed by atoms with Crippen molar-refractivity contribution in [1.29, 1.82) is 0 Å². The average Bonchev–Trinajstić information content (AvgIpc) is 2.56. The molecule has 118 valence electrons. The fourth-order valence-electron chi connectivity index (χ4n) is 2.96.